The van der Waals surface area contributed by atoms with E-state index >= 15 is 0 Å². The lowest BCUT2D eigenvalue weighted by Crippen LogP contribution is -2.29. The summed E-state index contributed by atoms with van der Waals surface area (Å²) in [6.07, 6.45) is 0. The highest BCUT2D eigenvalue weighted by atomic mass is 32.2. The zero-order valence-corrected chi connectivity index (χ0v) is 22.1. The summed E-state index contributed by atoms with van der Waals surface area (Å²) >= 11 is 1.32. The number of anilines is 1. The standard InChI is InChI=1S/C29H27FN4O3S/c1-18-9-4-5-10-21(18)16-37-23-13-8-12-20(15-23)26-25(27(35)36-3)19(2)31-28-32-29(33-34(26)28)38-17-22-11-6-7-14-24(22)30/h4-15,26H,16-17H2,1-3H3,(H,31,32,33). The van der Waals surface area contributed by atoms with Crippen molar-refractivity contribution >= 4 is 23.7 Å². The Labute approximate surface area is 224 Å². The number of nitrogens with one attached hydrogen (secondary N) is 1. The molecule has 1 aromatic heterocycles. The van der Waals surface area contributed by atoms with Gasteiger partial charge in [-0.3, -0.25) is 0 Å². The summed E-state index contributed by atoms with van der Waals surface area (Å²) in [5, 5.41) is 8.33. The second kappa shape index (κ2) is 11.1. The third-order valence-corrected chi connectivity index (χ3v) is 7.27. The first-order valence-electron chi connectivity index (χ1n) is 12.1. The number of benzene rings is 3. The first-order valence-corrected chi connectivity index (χ1v) is 13.1. The van der Waals surface area contributed by atoms with E-state index in [0.29, 0.717) is 46.0 Å². The largest absolute Gasteiger partial charge is 0.489 e. The van der Waals surface area contributed by atoms with Crippen LogP contribution in [0.3, 0.4) is 0 Å². The van der Waals surface area contributed by atoms with Gasteiger partial charge in [-0.05, 0) is 54.3 Å². The third kappa shape index (κ3) is 5.28. The van der Waals surface area contributed by atoms with Crippen LogP contribution in [0.25, 0.3) is 0 Å². The van der Waals surface area contributed by atoms with Crippen molar-refractivity contribution in [3.8, 4) is 5.75 Å². The Morgan fingerprint density at radius 3 is 2.58 bits per heavy atom. The fourth-order valence-corrected chi connectivity index (χ4v) is 5.16. The van der Waals surface area contributed by atoms with E-state index in [1.54, 1.807) is 22.9 Å². The summed E-state index contributed by atoms with van der Waals surface area (Å²) in [7, 11) is 1.36. The minimum atomic E-state index is -0.587. The molecule has 1 aliphatic heterocycles. The first-order chi connectivity index (χ1) is 18.4. The van der Waals surface area contributed by atoms with Crippen LogP contribution >= 0.6 is 11.8 Å². The van der Waals surface area contributed by atoms with Crippen LogP contribution in [-0.4, -0.2) is 27.8 Å². The van der Waals surface area contributed by atoms with E-state index in [0.717, 1.165) is 16.7 Å². The molecule has 3 aromatic carbocycles. The van der Waals surface area contributed by atoms with E-state index < -0.39 is 12.0 Å². The molecule has 0 bridgehead atoms. The second-order valence-corrected chi connectivity index (χ2v) is 9.83. The molecule has 0 saturated heterocycles. The van der Waals surface area contributed by atoms with Crippen molar-refractivity contribution in [2.45, 2.75) is 37.4 Å². The number of allylic oxidation sites excluding steroid dienone is 1. The second-order valence-electron chi connectivity index (χ2n) is 8.89. The van der Waals surface area contributed by atoms with Gasteiger partial charge >= 0.3 is 5.97 Å². The van der Waals surface area contributed by atoms with Crippen molar-refractivity contribution in [1.29, 1.82) is 0 Å². The van der Waals surface area contributed by atoms with Crippen LogP contribution < -0.4 is 10.1 Å². The molecule has 38 heavy (non-hydrogen) atoms. The number of nitrogens with zero attached hydrogens (tertiary/aromatic N) is 3. The lowest BCUT2D eigenvalue weighted by molar-refractivity contribution is -0.136. The van der Waals surface area contributed by atoms with Crippen LogP contribution in [-0.2, 0) is 21.9 Å². The average Bonchev–Trinajstić information content (AvgIpc) is 3.33. The molecular weight excluding hydrogens is 503 g/mol. The summed E-state index contributed by atoms with van der Waals surface area (Å²) in [6.45, 7) is 4.28. The molecule has 2 heterocycles. The highest BCUT2D eigenvalue weighted by molar-refractivity contribution is 7.98. The van der Waals surface area contributed by atoms with Crippen molar-refractivity contribution in [1.82, 2.24) is 14.8 Å². The predicted molar refractivity (Wildman–Crippen MR) is 144 cm³/mol. The monoisotopic (exact) mass is 530 g/mol. The number of hydrogen-bond donors (Lipinski definition) is 1. The van der Waals surface area contributed by atoms with Gasteiger partial charge < -0.3 is 14.8 Å². The number of aryl methyl sites for hydroxylation is 1. The molecule has 1 atom stereocenters. The topological polar surface area (TPSA) is 78.3 Å². The van der Waals surface area contributed by atoms with Gasteiger partial charge in [-0.2, -0.15) is 4.98 Å². The summed E-state index contributed by atoms with van der Waals surface area (Å²) in [6, 6.07) is 21.7. The lowest BCUT2D eigenvalue weighted by Gasteiger charge is -2.28. The zero-order chi connectivity index (χ0) is 26.6. The van der Waals surface area contributed by atoms with Crippen LogP contribution in [0.5, 0.6) is 5.75 Å². The number of fused-ring (bicyclic) bond motifs is 1. The number of hydrogen-bond acceptors (Lipinski definition) is 7. The van der Waals surface area contributed by atoms with Crippen LogP contribution in [0.2, 0.25) is 0 Å². The Balaban J connectivity index is 1.46. The van der Waals surface area contributed by atoms with Gasteiger partial charge in [-0.1, -0.05) is 66.4 Å². The van der Waals surface area contributed by atoms with Gasteiger partial charge in [0.05, 0.1) is 12.7 Å². The minimum Gasteiger partial charge on any atom is -0.489 e. The molecule has 194 valence electrons. The summed E-state index contributed by atoms with van der Waals surface area (Å²) < 4.78 is 27.0. The van der Waals surface area contributed by atoms with Gasteiger partial charge in [0.25, 0.3) is 0 Å². The highest BCUT2D eigenvalue weighted by Crippen LogP contribution is 2.38. The molecule has 0 spiro atoms. The quantitative estimate of drug-likeness (QED) is 0.219. The predicted octanol–water partition coefficient (Wildman–Crippen LogP) is 6.06. The lowest BCUT2D eigenvalue weighted by atomic mass is 9.95. The van der Waals surface area contributed by atoms with Crippen LogP contribution in [0.15, 0.2) is 89.2 Å². The van der Waals surface area contributed by atoms with E-state index in [2.05, 4.69) is 10.3 Å². The number of methoxy groups -OCH3 is 1. The number of aromatic nitrogens is 3. The number of thioether (sulfide) groups is 1. The van der Waals surface area contributed by atoms with Crippen molar-refractivity contribution in [2.75, 3.05) is 12.4 Å². The Morgan fingerprint density at radius 2 is 1.82 bits per heavy atom. The molecule has 0 radical (unpaired) electrons. The van der Waals surface area contributed by atoms with Crippen molar-refractivity contribution in [3.05, 3.63) is 112 Å². The molecule has 1 unspecified atom stereocenters. The first kappa shape index (κ1) is 25.5. The summed E-state index contributed by atoms with van der Waals surface area (Å²) in [4.78, 5) is 17.5. The van der Waals surface area contributed by atoms with E-state index in [9.17, 15) is 9.18 Å². The van der Waals surface area contributed by atoms with Crippen LogP contribution in [0.4, 0.5) is 10.3 Å². The number of esters is 1. The van der Waals surface area contributed by atoms with Gasteiger partial charge in [0.1, 0.15) is 24.2 Å². The van der Waals surface area contributed by atoms with Crippen LogP contribution in [0.1, 0.15) is 35.2 Å². The molecule has 0 fully saturated rings. The van der Waals surface area contributed by atoms with E-state index in [1.807, 2.05) is 62.4 Å². The van der Waals surface area contributed by atoms with Gasteiger partial charge in [0.2, 0.25) is 11.1 Å². The number of rotatable bonds is 8. The zero-order valence-electron chi connectivity index (χ0n) is 21.3. The highest BCUT2D eigenvalue weighted by Gasteiger charge is 2.35. The number of halogens is 1. The van der Waals surface area contributed by atoms with Crippen molar-refractivity contribution < 1.29 is 18.7 Å². The molecule has 1 aliphatic rings. The fourth-order valence-electron chi connectivity index (χ4n) is 4.34. The molecule has 0 saturated carbocycles. The molecule has 9 heteroatoms. The average molecular weight is 531 g/mol. The maximum absolute atomic E-state index is 14.1. The summed E-state index contributed by atoms with van der Waals surface area (Å²) in [5.74, 6) is 0.796. The molecule has 7 nitrogen and oxygen atoms in total. The van der Waals surface area contributed by atoms with Crippen molar-refractivity contribution in [2.24, 2.45) is 0 Å². The maximum atomic E-state index is 14.1. The van der Waals surface area contributed by atoms with Gasteiger partial charge in [-0.25, -0.2) is 13.9 Å². The van der Waals surface area contributed by atoms with Gasteiger partial charge in [0, 0.05) is 11.4 Å². The molecular formula is C29H27FN4O3S. The number of carbonyl (C=O) groups excluding carboxylic acids is 1. The van der Waals surface area contributed by atoms with Crippen molar-refractivity contribution in [3.63, 3.8) is 0 Å². The SMILES string of the molecule is COC(=O)C1=C(C)Nc2nc(SCc3ccccc3F)nn2C1c1cccc(OCc2ccccc2C)c1. The molecule has 0 amide bonds. The molecule has 0 aliphatic carbocycles. The molecule has 5 rings (SSSR count). The van der Waals surface area contributed by atoms with Gasteiger partial charge in [-0.15, -0.1) is 5.10 Å². The maximum Gasteiger partial charge on any atom is 0.338 e. The third-order valence-electron chi connectivity index (χ3n) is 6.38. The van der Waals surface area contributed by atoms with Gasteiger partial charge in [0.15, 0.2) is 0 Å². The molecule has 4 aromatic rings. The Hall–Kier alpha value is -4.11. The Morgan fingerprint density at radius 1 is 1.05 bits per heavy atom. The Kier molecular flexibility index (Phi) is 7.46. The van der Waals surface area contributed by atoms with E-state index in [-0.39, 0.29) is 5.82 Å². The fraction of sp³-hybridized carbons (Fsp3) is 0.207. The van der Waals surface area contributed by atoms with E-state index in [4.69, 9.17) is 14.6 Å². The normalized spacial score (nSPS) is 14.6. The number of carbonyl (C=O) groups is 1. The Bertz CT molecular complexity index is 1520. The minimum absolute atomic E-state index is 0.270. The number of ether oxygens (including phenoxy) is 2. The van der Waals surface area contributed by atoms with Crippen LogP contribution in [0, 0.1) is 12.7 Å². The smallest absolute Gasteiger partial charge is 0.338 e. The summed E-state index contributed by atoms with van der Waals surface area (Å²) in [5.41, 5.74) is 4.66. The molecule has 1 N–H and O–H groups in total. The van der Waals surface area contributed by atoms with E-state index in [1.165, 1.54) is 24.9 Å².